The molecule has 3 heterocycles. The molecule has 0 saturated carbocycles. The molecule has 265 valence electrons. The smallest absolute Gasteiger partial charge is 0.0798 e. The fourth-order valence-corrected chi connectivity index (χ4v) is 8.84. The summed E-state index contributed by atoms with van der Waals surface area (Å²) in [5.41, 5.74) is 12.2. The average Bonchev–Trinajstić information content (AvgIpc) is 3.68. The van der Waals surface area contributed by atoms with Crippen molar-refractivity contribution in [1.29, 1.82) is 0 Å². The van der Waals surface area contributed by atoms with Crippen LogP contribution in [-0.4, -0.2) is 22.6 Å². The molecule has 0 amide bonds. The summed E-state index contributed by atoms with van der Waals surface area (Å²) in [6.45, 7) is 18.2. The Morgan fingerprint density at radius 1 is 0.808 bits per heavy atom. The molecule has 0 spiro atoms. The number of hydrogen-bond donors (Lipinski definition) is 0. The molecule has 0 bridgehead atoms. The Balaban J connectivity index is 0.000000193. The van der Waals surface area contributed by atoms with Crippen molar-refractivity contribution in [2.24, 2.45) is 5.92 Å². The van der Waals surface area contributed by atoms with Crippen LogP contribution in [0.4, 0.5) is 0 Å². The molecule has 0 unspecified atom stereocenters. The molecule has 0 atom stereocenters. The summed E-state index contributed by atoms with van der Waals surface area (Å²) >= 11 is 0. The van der Waals surface area contributed by atoms with Crippen molar-refractivity contribution in [3.63, 3.8) is 0 Å². The van der Waals surface area contributed by atoms with Gasteiger partial charge in [0.05, 0.1) is 24.9 Å². The maximum Gasteiger partial charge on any atom is 0.0798 e. The van der Waals surface area contributed by atoms with Gasteiger partial charge in [-0.1, -0.05) is 122 Å². The number of aromatic nitrogens is 3. The summed E-state index contributed by atoms with van der Waals surface area (Å²) in [5, 5.41) is 4.85. The zero-order valence-electron chi connectivity index (χ0n) is 31.3. The van der Waals surface area contributed by atoms with Gasteiger partial charge >= 0.3 is 0 Å². The van der Waals surface area contributed by atoms with E-state index in [0.717, 1.165) is 62.1 Å². The maximum atomic E-state index is 5.90. The molecule has 0 saturated heterocycles. The van der Waals surface area contributed by atoms with Crippen LogP contribution in [0.5, 0.6) is 0 Å². The largest absolute Gasteiger partial charge is 0.557 e. The predicted octanol–water partition coefficient (Wildman–Crippen LogP) is 11.6. The maximum absolute atomic E-state index is 5.90. The van der Waals surface area contributed by atoms with Crippen LogP contribution in [0.2, 0.25) is 19.6 Å². The van der Waals surface area contributed by atoms with Gasteiger partial charge in [-0.2, -0.15) is 0 Å². The monoisotopic (exact) mass is 876 g/mol. The van der Waals surface area contributed by atoms with Crippen molar-refractivity contribution in [1.82, 2.24) is 14.5 Å². The predicted molar refractivity (Wildman–Crippen MR) is 217 cm³/mol. The van der Waals surface area contributed by atoms with Crippen LogP contribution in [0.15, 0.2) is 114 Å². The molecular formula is C46H45IrN3OSi-2. The zero-order chi connectivity index (χ0) is 35.9. The Bertz CT molecular complexity index is 2480. The van der Waals surface area contributed by atoms with E-state index in [4.69, 9.17) is 9.40 Å². The quantitative estimate of drug-likeness (QED) is 0.123. The Kier molecular flexibility index (Phi) is 10.8. The molecule has 8 aromatic rings. The summed E-state index contributed by atoms with van der Waals surface area (Å²) < 4.78 is 8.16. The second-order valence-electron chi connectivity index (χ2n) is 15.1. The van der Waals surface area contributed by atoms with E-state index in [2.05, 4.69) is 155 Å². The number of nitrogens with zero attached hydrogens (tertiary/aromatic N) is 3. The Morgan fingerprint density at radius 2 is 1.48 bits per heavy atom. The van der Waals surface area contributed by atoms with E-state index < -0.39 is 8.07 Å². The normalized spacial score (nSPS) is 11.6. The van der Waals surface area contributed by atoms with Gasteiger partial charge in [0.25, 0.3) is 0 Å². The minimum Gasteiger partial charge on any atom is -0.557 e. The molecular weight excluding hydrogens is 831 g/mol. The molecule has 0 aliphatic rings. The summed E-state index contributed by atoms with van der Waals surface area (Å²) in [4.78, 5) is 9.72. The Morgan fingerprint density at radius 3 is 2.15 bits per heavy atom. The second kappa shape index (κ2) is 15.2. The second-order valence-corrected chi connectivity index (χ2v) is 20.2. The van der Waals surface area contributed by atoms with E-state index in [1.54, 1.807) is 0 Å². The van der Waals surface area contributed by atoms with Gasteiger partial charge in [-0.3, -0.25) is 4.98 Å². The number of aryl methyl sites for hydroxylation is 3. The summed E-state index contributed by atoms with van der Waals surface area (Å²) in [5.74, 6) is 1.52. The first-order valence-corrected chi connectivity index (χ1v) is 21.3. The summed E-state index contributed by atoms with van der Waals surface area (Å²) in [6.07, 6.45) is 6.41. The molecule has 0 aliphatic carbocycles. The van der Waals surface area contributed by atoms with Crippen LogP contribution < -0.4 is 5.19 Å². The molecule has 0 N–H and O–H groups in total. The van der Waals surface area contributed by atoms with E-state index in [1.807, 2.05) is 30.3 Å². The first-order valence-electron chi connectivity index (χ1n) is 17.8. The number of imidazole rings is 1. The molecule has 3 aromatic heterocycles. The molecule has 4 nitrogen and oxygen atoms in total. The van der Waals surface area contributed by atoms with E-state index in [9.17, 15) is 0 Å². The number of fused-ring (bicyclic) bond motifs is 3. The molecule has 0 fully saturated rings. The molecule has 5 aromatic carbocycles. The van der Waals surface area contributed by atoms with Crippen molar-refractivity contribution in [3.8, 4) is 28.3 Å². The first kappa shape index (κ1) is 37.2. The van der Waals surface area contributed by atoms with Crippen LogP contribution >= 0.6 is 0 Å². The van der Waals surface area contributed by atoms with Crippen molar-refractivity contribution < 1.29 is 24.5 Å². The average molecular weight is 876 g/mol. The van der Waals surface area contributed by atoms with Gasteiger partial charge in [-0.05, 0) is 78.0 Å². The van der Waals surface area contributed by atoms with Gasteiger partial charge < -0.3 is 14.0 Å². The van der Waals surface area contributed by atoms with E-state index in [-0.39, 0.29) is 20.1 Å². The van der Waals surface area contributed by atoms with Gasteiger partial charge in [0.1, 0.15) is 0 Å². The topological polar surface area (TPSA) is 43.9 Å². The van der Waals surface area contributed by atoms with Gasteiger partial charge in [-0.25, -0.2) is 0 Å². The molecule has 1 radical (unpaired) electrons. The van der Waals surface area contributed by atoms with Gasteiger partial charge in [0.2, 0.25) is 0 Å². The summed E-state index contributed by atoms with van der Waals surface area (Å²) in [6, 6.07) is 39.0. The number of hydrogen-bond acceptors (Lipinski definition) is 3. The minimum absolute atomic E-state index is 0. The van der Waals surface area contributed by atoms with E-state index in [1.165, 1.54) is 32.8 Å². The minimum atomic E-state index is -1.34. The van der Waals surface area contributed by atoms with Crippen molar-refractivity contribution in [2.45, 2.75) is 60.7 Å². The van der Waals surface area contributed by atoms with Crippen molar-refractivity contribution >= 4 is 46.0 Å². The Labute approximate surface area is 322 Å². The molecule has 52 heavy (non-hydrogen) atoms. The van der Waals surface area contributed by atoms with Gasteiger partial charge in [0, 0.05) is 43.8 Å². The van der Waals surface area contributed by atoms with Crippen LogP contribution in [0, 0.1) is 39.0 Å². The molecule has 0 aliphatic heterocycles. The van der Waals surface area contributed by atoms with E-state index >= 15 is 0 Å². The molecule has 6 heteroatoms. The number of para-hydroxylation sites is 2. The van der Waals surface area contributed by atoms with Crippen molar-refractivity contribution in [2.75, 3.05) is 0 Å². The van der Waals surface area contributed by atoms with Crippen LogP contribution in [-0.2, 0) is 26.5 Å². The third-order valence-electron chi connectivity index (χ3n) is 9.43. The number of pyridine rings is 1. The summed E-state index contributed by atoms with van der Waals surface area (Å²) in [7, 11) is -1.34. The third-order valence-corrected chi connectivity index (χ3v) is 11.5. The van der Waals surface area contributed by atoms with Gasteiger partial charge in [0.15, 0.2) is 0 Å². The van der Waals surface area contributed by atoms with Crippen molar-refractivity contribution in [3.05, 3.63) is 144 Å². The fourth-order valence-electron chi connectivity index (χ4n) is 7.25. The van der Waals surface area contributed by atoms with Crippen LogP contribution in [0.3, 0.4) is 0 Å². The van der Waals surface area contributed by atoms with E-state index in [0.29, 0.717) is 5.92 Å². The van der Waals surface area contributed by atoms with Crippen LogP contribution in [0.25, 0.3) is 61.1 Å². The zero-order valence-corrected chi connectivity index (χ0v) is 34.7. The number of benzene rings is 5. The number of furan rings is 1. The standard InChI is InChI=1S/C28H21N2O.C18H24NSi.Ir/c1-17-12-18(2)27(19(3)13-17)30-25-11-7-6-10-24(25)29-28(30)23-16-31-26-15-21-9-5-4-8-20(21)14-22(23)26;1-14(2)11-16-12-17(15-9-7-6-8-10-15)19-13-18(16)20(3,4)5;/h4-15H,1-3H3;6-9,12-14H,11H2,1-5H3;/q2*-1;. The fraction of sp³-hybridized carbons (Fsp3) is 0.217. The molecule has 8 rings (SSSR count). The Hall–Kier alpha value is -4.61. The van der Waals surface area contributed by atoms with Crippen LogP contribution in [0.1, 0.15) is 36.1 Å². The van der Waals surface area contributed by atoms with Gasteiger partial charge in [-0.15, -0.1) is 35.9 Å². The third kappa shape index (κ3) is 7.47. The SMILES string of the molecule is CC(C)Cc1cc(-c2[c-]cccc2)ncc1[Si](C)(C)C.Cc1cc(C)c(-n2c(-c3[c-]oc4cc5ccccc5cc34)nc3ccccc32)c(C)c1.[Ir]. The first-order chi connectivity index (χ1) is 24.5. The number of rotatable bonds is 6.